The van der Waals surface area contributed by atoms with Gasteiger partial charge in [-0.2, -0.15) is 0 Å². The molecule has 2 fully saturated rings. The molecular weight excluding hydrogens is 402 g/mol. The zero-order chi connectivity index (χ0) is 22.7. The molecule has 2 unspecified atom stereocenters. The van der Waals surface area contributed by atoms with Crippen LogP contribution in [-0.2, 0) is 9.59 Å². The van der Waals surface area contributed by atoms with Gasteiger partial charge in [-0.25, -0.2) is 0 Å². The molecule has 2 amide bonds. The van der Waals surface area contributed by atoms with Gasteiger partial charge in [0.15, 0.2) is 0 Å². The van der Waals surface area contributed by atoms with Gasteiger partial charge < -0.3 is 19.4 Å². The Bertz CT molecular complexity index is 951. The fourth-order valence-electron chi connectivity index (χ4n) is 4.93. The monoisotopic (exact) mass is 435 g/mol. The fraction of sp³-hybridized carbons (Fsp3) is 0.462. The molecule has 6 heteroatoms. The molecular formula is C26H33N3O3. The SMILES string of the molecule is CCC(=O)N1CC(C(=O)N2CCN(c3ccccc3OC)CC2)C(c2ccc(C)cc2)C1. The molecule has 2 aliphatic heterocycles. The molecule has 2 aliphatic rings. The largest absolute Gasteiger partial charge is 0.495 e. The predicted molar refractivity (Wildman–Crippen MR) is 126 cm³/mol. The van der Waals surface area contributed by atoms with Crippen LogP contribution in [0.3, 0.4) is 0 Å². The zero-order valence-corrected chi connectivity index (χ0v) is 19.3. The number of hydrogen-bond donors (Lipinski definition) is 0. The molecule has 170 valence electrons. The summed E-state index contributed by atoms with van der Waals surface area (Å²) in [6, 6.07) is 16.4. The Balaban J connectivity index is 1.48. The van der Waals surface area contributed by atoms with E-state index < -0.39 is 0 Å². The molecule has 2 heterocycles. The highest BCUT2D eigenvalue weighted by molar-refractivity contribution is 5.83. The first-order chi connectivity index (χ1) is 15.5. The molecule has 0 spiro atoms. The molecule has 2 saturated heterocycles. The zero-order valence-electron chi connectivity index (χ0n) is 19.3. The topological polar surface area (TPSA) is 53.1 Å². The lowest BCUT2D eigenvalue weighted by Gasteiger charge is -2.38. The standard InChI is InChI=1S/C26H33N3O3/c1-4-25(30)29-17-21(20-11-9-19(2)10-12-20)22(18-29)26(31)28-15-13-27(14-16-28)23-7-5-6-8-24(23)32-3/h5-12,21-22H,4,13-18H2,1-3H3. The summed E-state index contributed by atoms with van der Waals surface area (Å²) in [4.78, 5) is 32.2. The lowest BCUT2D eigenvalue weighted by Crippen LogP contribution is -2.51. The first-order valence-electron chi connectivity index (χ1n) is 11.5. The van der Waals surface area contributed by atoms with Crippen molar-refractivity contribution in [3.05, 3.63) is 59.7 Å². The van der Waals surface area contributed by atoms with Crippen molar-refractivity contribution in [1.82, 2.24) is 9.80 Å². The first-order valence-corrected chi connectivity index (χ1v) is 11.5. The summed E-state index contributed by atoms with van der Waals surface area (Å²) < 4.78 is 5.51. The number of benzene rings is 2. The lowest BCUT2D eigenvalue weighted by atomic mass is 9.87. The van der Waals surface area contributed by atoms with Crippen LogP contribution in [0.25, 0.3) is 0 Å². The minimum absolute atomic E-state index is 0.0471. The van der Waals surface area contributed by atoms with E-state index in [0.717, 1.165) is 30.1 Å². The molecule has 0 saturated carbocycles. The van der Waals surface area contributed by atoms with Crippen LogP contribution in [0.1, 0.15) is 30.4 Å². The van der Waals surface area contributed by atoms with Crippen LogP contribution in [0, 0.1) is 12.8 Å². The van der Waals surface area contributed by atoms with Gasteiger partial charge in [0.1, 0.15) is 5.75 Å². The molecule has 2 atom stereocenters. The Kier molecular flexibility index (Phi) is 6.68. The number of anilines is 1. The maximum Gasteiger partial charge on any atom is 0.228 e. The van der Waals surface area contributed by atoms with Crippen LogP contribution >= 0.6 is 0 Å². The average molecular weight is 436 g/mol. The second-order valence-corrected chi connectivity index (χ2v) is 8.76. The minimum atomic E-state index is -0.189. The molecule has 0 aliphatic carbocycles. The Hall–Kier alpha value is -3.02. The lowest BCUT2D eigenvalue weighted by molar-refractivity contribution is -0.136. The quantitative estimate of drug-likeness (QED) is 0.723. The number of carbonyl (C=O) groups excluding carboxylic acids is 2. The van der Waals surface area contributed by atoms with E-state index in [1.165, 1.54) is 5.56 Å². The number of hydrogen-bond acceptors (Lipinski definition) is 4. The van der Waals surface area contributed by atoms with Crippen molar-refractivity contribution in [3.8, 4) is 5.75 Å². The number of piperazine rings is 1. The minimum Gasteiger partial charge on any atom is -0.495 e. The fourth-order valence-corrected chi connectivity index (χ4v) is 4.93. The van der Waals surface area contributed by atoms with Gasteiger partial charge in [-0.05, 0) is 24.6 Å². The Labute approximate surface area is 190 Å². The molecule has 6 nitrogen and oxygen atoms in total. The number of amides is 2. The van der Waals surface area contributed by atoms with Crippen LogP contribution < -0.4 is 9.64 Å². The average Bonchev–Trinajstić information content (AvgIpc) is 3.29. The van der Waals surface area contributed by atoms with Crippen LogP contribution in [0.15, 0.2) is 48.5 Å². The summed E-state index contributed by atoms with van der Waals surface area (Å²) in [6.07, 6.45) is 0.471. The molecule has 0 bridgehead atoms. The van der Waals surface area contributed by atoms with Gasteiger partial charge in [0, 0.05) is 51.6 Å². The van der Waals surface area contributed by atoms with Crippen molar-refractivity contribution in [2.75, 3.05) is 51.3 Å². The third-order valence-electron chi connectivity index (χ3n) is 6.81. The van der Waals surface area contributed by atoms with E-state index in [1.807, 2.05) is 34.9 Å². The van der Waals surface area contributed by atoms with Crippen LogP contribution in [0.5, 0.6) is 5.75 Å². The number of methoxy groups -OCH3 is 1. The highest BCUT2D eigenvalue weighted by atomic mass is 16.5. The normalized spacial score (nSPS) is 21.0. The maximum atomic E-state index is 13.6. The number of carbonyl (C=O) groups is 2. The number of likely N-dealkylation sites (tertiary alicyclic amines) is 1. The predicted octanol–water partition coefficient (Wildman–Crippen LogP) is 3.30. The van der Waals surface area contributed by atoms with Crippen molar-refractivity contribution >= 4 is 17.5 Å². The summed E-state index contributed by atoms with van der Waals surface area (Å²) in [5.74, 6) is 1.01. The smallest absolute Gasteiger partial charge is 0.228 e. The summed E-state index contributed by atoms with van der Waals surface area (Å²) in [5, 5.41) is 0. The Morgan fingerprint density at radius 1 is 0.938 bits per heavy atom. The molecule has 0 radical (unpaired) electrons. The third kappa shape index (κ3) is 4.45. The van der Waals surface area contributed by atoms with Gasteiger partial charge in [-0.3, -0.25) is 9.59 Å². The Morgan fingerprint density at radius 2 is 1.62 bits per heavy atom. The number of ether oxygens (including phenoxy) is 1. The van der Waals surface area contributed by atoms with Crippen molar-refractivity contribution in [1.29, 1.82) is 0 Å². The number of rotatable bonds is 5. The molecule has 2 aromatic carbocycles. The molecule has 32 heavy (non-hydrogen) atoms. The summed E-state index contributed by atoms with van der Waals surface area (Å²) >= 11 is 0. The van der Waals surface area contributed by atoms with Gasteiger partial charge >= 0.3 is 0 Å². The number of nitrogens with zero attached hydrogens (tertiary/aromatic N) is 3. The Morgan fingerprint density at radius 3 is 2.28 bits per heavy atom. The van der Waals surface area contributed by atoms with E-state index in [0.29, 0.717) is 32.6 Å². The van der Waals surface area contributed by atoms with Gasteiger partial charge in [0.2, 0.25) is 11.8 Å². The second kappa shape index (κ2) is 9.63. The van der Waals surface area contributed by atoms with Crippen molar-refractivity contribution < 1.29 is 14.3 Å². The maximum absolute atomic E-state index is 13.6. The van der Waals surface area contributed by atoms with E-state index in [4.69, 9.17) is 4.74 Å². The van der Waals surface area contributed by atoms with Gasteiger partial charge in [0.05, 0.1) is 18.7 Å². The van der Waals surface area contributed by atoms with Gasteiger partial charge in [0.25, 0.3) is 0 Å². The van der Waals surface area contributed by atoms with Crippen molar-refractivity contribution in [2.45, 2.75) is 26.2 Å². The summed E-state index contributed by atoms with van der Waals surface area (Å²) in [6.45, 7) is 7.97. The summed E-state index contributed by atoms with van der Waals surface area (Å²) in [5.41, 5.74) is 3.41. The second-order valence-electron chi connectivity index (χ2n) is 8.76. The first kappa shape index (κ1) is 22.2. The molecule has 0 N–H and O–H groups in total. The van der Waals surface area contributed by atoms with E-state index in [9.17, 15) is 9.59 Å². The molecule has 0 aromatic heterocycles. The van der Waals surface area contributed by atoms with E-state index in [2.05, 4.69) is 42.2 Å². The number of para-hydroxylation sites is 2. The molecule has 4 rings (SSSR count). The van der Waals surface area contributed by atoms with Crippen LogP contribution in [0.2, 0.25) is 0 Å². The third-order valence-corrected chi connectivity index (χ3v) is 6.81. The van der Waals surface area contributed by atoms with Gasteiger partial charge in [-0.15, -0.1) is 0 Å². The van der Waals surface area contributed by atoms with Crippen molar-refractivity contribution in [2.24, 2.45) is 5.92 Å². The highest BCUT2D eigenvalue weighted by Gasteiger charge is 2.42. The van der Waals surface area contributed by atoms with E-state index in [-0.39, 0.29) is 23.7 Å². The van der Waals surface area contributed by atoms with Crippen molar-refractivity contribution in [3.63, 3.8) is 0 Å². The summed E-state index contributed by atoms with van der Waals surface area (Å²) in [7, 11) is 1.69. The number of aryl methyl sites for hydroxylation is 1. The van der Waals surface area contributed by atoms with Crippen LogP contribution in [-0.4, -0.2) is 68.0 Å². The van der Waals surface area contributed by atoms with Crippen LogP contribution in [0.4, 0.5) is 5.69 Å². The molecule has 2 aromatic rings. The highest BCUT2D eigenvalue weighted by Crippen LogP contribution is 2.35. The van der Waals surface area contributed by atoms with Gasteiger partial charge in [-0.1, -0.05) is 48.9 Å². The van der Waals surface area contributed by atoms with E-state index >= 15 is 0 Å². The van der Waals surface area contributed by atoms with E-state index in [1.54, 1.807) is 7.11 Å².